The van der Waals surface area contributed by atoms with Crippen LogP contribution in [0.1, 0.15) is 25.7 Å². The lowest BCUT2D eigenvalue weighted by atomic mass is 9.73. The van der Waals surface area contributed by atoms with Gasteiger partial charge >= 0.3 is 0 Å². The largest absolute Gasteiger partial charge is 0.316 e. The Labute approximate surface area is 80.8 Å². The van der Waals surface area contributed by atoms with Gasteiger partial charge in [0.2, 0.25) is 0 Å². The van der Waals surface area contributed by atoms with Gasteiger partial charge in [0.1, 0.15) is 0 Å². The maximum atomic E-state index is 3.54. The molecule has 0 aromatic heterocycles. The molecule has 0 aromatic carbocycles. The Bertz CT molecular complexity index is 154. The fourth-order valence-corrected chi connectivity index (χ4v) is 2.66. The second-order valence-corrected chi connectivity index (χ2v) is 4.49. The van der Waals surface area contributed by atoms with Gasteiger partial charge in [0.05, 0.1) is 0 Å². The molecule has 2 rings (SSSR count). The Balaban J connectivity index is 1.87. The van der Waals surface area contributed by atoms with Gasteiger partial charge in [0.25, 0.3) is 0 Å². The summed E-state index contributed by atoms with van der Waals surface area (Å²) in [5.74, 6) is 0. The van der Waals surface area contributed by atoms with Crippen molar-refractivity contribution in [3.05, 3.63) is 0 Å². The molecule has 0 unspecified atom stereocenters. The molecule has 76 valence electrons. The molecule has 2 heterocycles. The minimum absolute atomic E-state index is 0.644. The standard InChI is InChI=1S/C10H21N3/c1-11-13-7-4-10(5-8-13)3-2-6-12-9-10/h11-12H,2-9H2,1H3. The number of piperidine rings is 2. The molecular formula is C10H21N3. The number of hydrogen-bond acceptors (Lipinski definition) is 3. The van der Waals surface area contributed by atoms with Crippen molar-refractivity contribution in [1.82, 2.24) is 15.8 Å². The molecule has 0 radical (unpaired) electrons. The third kappa shape index (κ3) is 2.03. The van der Waals surface area contributed by atoms with Crippen molar-refractivity contribution in [3.63, 3.8) is 0 Å². The normalized spacial score (nSPS) is 29.3. The lowest BCUT2D eigenvalue weighted by molar-refractivity contribution is 0.0554. The van der Waals surface area contributed by atoms with Crippen LogP contribution in [0.15, 0.2) is 0 Å². The van der Waals surface area contributed by atoms with E-state index in [1.54, 1.807) is 0 Å². The van der Waals surface area contributed by atoms with Crippen molar-refractivity contribution in [1.29, 1.82) is 0 Å². The van der Waals surface area contributed by atoms with Gasteiger partial charge in [-0.25, -0.2) is 5.01 Å². The van der Waals surface area contributed by atoms with Crippen molar-refractivity contribution < 1.29 is 0 Å². The van der Waals surface area contributed by atoms with Crippen LogP contribution >= 0.6 is 0 Å². The molecule has 0 amide bonds. The van der Waals surface area contributed by atoms with Gasteiger partial charge in [-0.05, 0) is 44.7 Å². The van der Waals surface area contributed by atoms with Gasteiger partial charge in [0.15, 0.2) is 0 Å². The van der Waals surface area contributed by atoms with Gasteiger partial charge in [-0.1, -0.05) is 0 Å². The number of hydrazine groups is 1. The van der Waals surface area contributed by atoms with Crippen LogP contribution in [-0.4, -0.2) is 38.2 Å². The molecule has 0 aliphatic carbocycles. The Morgan fingerprint density at radius 2 is 2.00 bits per heavy atom. The molecule has 2 aliphatic heterocycles. The summed E-state index contributed by atoms with van der Waals surface area (Å²) in [4.78, 5) is 0. The highest BCUT2D eigenvalue weighted by molar-refractivity contribution is 4.89. The molecule has 0 atom stereocenters. The summed E-state index contributed by atoms with van der Waals surface area (Å²) in [5, 5.41) is 5.87. The van der Waals surface area contributed by atoms with Crippen LogP contribution in [0.2, 0.25) is 0 Å². The zero-order valence-electron chi connectivity index (χ0n) is 8.60. The van der Waals surface area contributed by atoms with E-state index in [2.05, 4.69) is 15.8 Å². The van der Waals surface area contributed by atoms with E-state index in [-0.39, 0.29) is 0 Å². The van der Waals surface area contributed by atoms with Crippen LogP contribution in [0.4, 0.5) is 0 Å². The number of nitrogens with one attached hydrogen (secondary N) is 2. The average molecular weight is 183 g/mol. The van der Waals surface area contributed by atoms with Gasteiger partial charge in [-0.15, -0.1) is 0 Å². The fraction of sp³-hybridized carbons (Fsp3) is 1.00. The molecule has 0 bridgehead atoms. The van der Waals surface area contributed by atoms with Crippen LogP contribution in [0.25, 0.3) is 0 Å². The van der Waals surface area contributed by atoms with Crippen LogP contribution in [0.3, 0.4) is 0 Å². The van der Waals surface area contributed by atoms with E-state index in [1.165, 1.54) is 51.9 Å². The highest BCUT2D eigenvalue weighted by atomic mass is 15.5. The third-order valence-corrected chi connectivity index (χ3v) is 3.70. The minimum Gasteiger partial charge on any atom is -0.316 e. The Morgan fingerprint density at radius 3 is 2.54 bits per heavy atom. The number of rotatable bonds is 1. The van der Waals surface area contributed by atoms with Crippen LogP contribution < -0.4 is 10.7 Å². The van der Waals surface area contributed by atoms with Crippen molar-refractivity contribution in [2.45, 2.75) is 25.7 Å². The lowest BCUT2D eigenvalue weighted by Gasteiger charge is -2.44. The molecule has 2 fully saturated rings. The van der Waals surface area contributed by atoms with Crippen molar-refractivity contribution >= 4 is 0 Å². The molecule has 0 saturated carbocycles. The van der Waals surface area contributed by atoms with Gasteiger partial charge in [-0.2, -0.15) is 0 Å². The smallest absolute Gasteiger partial charge is 0.0136 e. The summed E-state index contributed by atoms with van der Waals surface area (Å²) in [6.45, 7) is 4.93. The predicted molar refractivity (Wildman–Crippen MR) is 54.4 cm³/mol. The minimum atomic E-state index is 0.644. The summed E-state index contributed by atoms with van der Waals surface area (Å²) in [7, 11) is 2.02. The Kier molecular flexibility index (Phi) is 2.86. The second kappa shape index (κ2) is 3.95. The van der Waals surface area contributed by atoms with Crippen LogP contribution in [0, 0.1) is 5.41 Å². The molecule has 3 heteroatoms. The number of nitrogens with zero attached hydrogens (tertiary/aromatic N) is 1. The molecule has 1 spiro atoms. The van der Waals surface area contributed by atoms with E-state index in [0.29, 0.717) is 5.41 Å². The molecule has 0 aromatic rings. The molecule has 2 saturated heterocycles. The van der Waals surface area contributed by atoms with E-state index in [0.717, 1.165) is 0 Å². The Morgan fingerprint density at radius 1 is 1.23 bits per heavy atom. The zero-order chi connectivity index (χ0) is 9.15. The van der Waals surface area contributed by atoms with E-state index >= 15 is 0 Å². The van der Waals surface area contributed by atoms with Crippen LogP contribution in [-0.2, 0) is 0 Å². The van der Waals surface area contributed by atoms with E-state index in [9.17, 15) is 0 Å². The maximum absolute atomic E-state index is 3.54. The predicted octanol–water partition coefficient (Wildman–Crippen LogP) is 0.586. The van der Waals surface area contributed by atoms with E-state index < -0.39 is 0 Å². The Hall–Kier alpha value is -0.120. The van der Waals surface area contributed by atoms with Gasteiger partial charge in [0, 0.05) is 19.6 Å². The third-order valence-electron chi connectivity index (χ3n) is 3.70. The topological polar surface area (TPSA) is 27.3 Å². The summed E-state index contributed by atoms with van der Waals surface area (Å²) in [5.41, 5.74) is 3.88. The molecule has 2 aliphatic rings. The van der Waals surface area contributed by atoms with E-state index in [1.807, 2.05) is 7.05 Å². The van der Waals surface area contributed by atoms with E-state index in [4.69, 9.17) is 0 Å². The first-order chi connectivity index (χ1) is 6.35. The summed E-state index contributed by atoms with van der Waals surface area (Å²) >= 11 is 0. The average Bonchev–Trinajstić information content (AvgIpc) is 2.20. The molecule has 2 N–H and O–H groups in total. The highest BCUT2D eigenvalue weighted by Gasteiger charge is 2.35. The monoisotopic (exact) mass is 183 g/mol. The first-order valence-corrected chi connectivity index (χ1v) is 5.48. The summed E-state index contributed by atoms with van der Waals surface area (Å²) in [6.07, 6.45) is 5.54. The summed E-state index contributed by atoms with van der Waals surface area (Å²) in [6, 6.07) is 0. The zero-order valence-corrected chi connectivity index (χ0v) is 8.60. The summed E-state index contributed by atoms with van der Waals surface area (Å²) < 4.78 is 0. The quantitative estimate of drug-likeness (QED) is 0.623. The molecular weight excluding hydrogens is 162 g/mol. The highest BCUT2D eigenvalue weighted by Crippen LogP contribution is 2.36. The number of hydrogen-bond donors (Lipinski definition) is 2. The van der Waals surface area contributed by atoms with Crippen LogP contribution in [0.5, 0.6) is 0 Å². The van der Waals surface area contributed by atoms with Crippen molar-refractivity contribution in [2.24, 2.45) is 5.41 Å². The maximum Gasteiger partial charge on any atom is 0.0136 e. The second-order valence-electron chi connectivity index (χ2n) is 4.49. The SMILES string of the molecule is CNN1CCC2(CCCNC2)CC1. The van der Waals surface area contributed by atoms with Gasteiger partial charge < -0.3 is 5.32 Å². The van der Waals surface area contributed by atoms with Gasteiger partial charge in [-0.3, -0.25) is 5.43 Å². The van der Waals surface area contributed by atoms with Crippen molar-refractivity contribution in [2.75, 3.05) is 33.2 Å². The van der Waals surface area contributed by atoms with Crippen molar-refractivity contribution in [3.8, 4) is 0 Å². The molecule has 13 heavy (non-hydrogen) atoms. The first kappa shape index (κ1) is 9.44. The lowest BCUT2D eigenvalue weighted by Crippen LogP contribution is -2.50. The first-order valence-electron chi connectivity index (χ1n) is 5.48. The fourth-order valence-electron chi connectivity index (χ4n) is 2.66. The molecule has 3 nitrogen and oxygen atoms in total.